The SMILES string of the molecule is O=Cc1ccc(OCCOCCOCCOCCOCCOCCOCCOCCOCCOCCOCCOCCC(=O)O)cc1. The Morgan fingerprint density at radius 3 is 0.936 bits per heavy atom. The molecule has 0 unspecified atom stereocenters. The molecule has 15 nitrogen and oxygen atoms in total. The Balaban J connectivity index is 1.63. The summed E-state index contributed by atoms with van der Waals surface area (Å²) in [6.07, 6.45) is 0.788. The van der Waals surface area contributed by atoms with Crippen molar-refractivity contribution >= 4 is 12.3 Å². The number of carbonyl (C=O) groups is 2. The third-order valence-electron chi connectivity index (χ3n) is 5.69. The Labute approximate surface area is 277 Å². The Bertz CT molecular complexity index is 812. The van der Waals surface area contributed by atoms with Crippen molar-refractivity contribution in [1.29, 1.82) is 0 Å². The normalized spacial score (nSPS) is 11.2. The standard InChI is InChI=1S/C32H54O15/c33-29-30-1-3-31(4-2-30)47-28-27-46-26-25-45-24-23-44-22-21-43-20-19-42-18-17-41-16-15-40-14-13-39-12-11-38-10-9-37-8-7-36-6-5-32(34)35/h1-4,29H,5-28H2,(H,34,35). The van der Waals surface area contributed by atoms with Crippen LogP contribution in [0.25, 0.3) is 0 Å². The maximum atomic E-state index is 10.6. The largest absolute Gasteiger partial charge is 0.491 e. The molecule has 1 aromatic carbocycles. The van der Waals surface area contributed by atoms with E-state index in [1.54, 1.807) is 24.3 Å². The van der Waals surface area contributed by atoms with Crippen LogP contribution in [0.2, 0.25) is 0 Å². The molecule has 0 saturated heterocycles. The summed E-state index contributed by atoms with van der Waals surface area (Å²) in [4.78, 5) is 21.0. The maximum Gasteiger partial charge on any atom is 0.305 e. The van der Waals surface area contributed by atoms with Crippen LogP contribution >= 0.6 is 0 Å². The predicted octanol–water partition coefficient (Wildman–Crippen LogP) is 1.54. The molecule has 0 aliphatic rings. The second kappa shape index (κ2) is 35.0. The van der Waals surface area contributed by atoms with Crippen LogP contribution in [0.3, 0.4) is 0 Å². The zero-order valence-electron chi connectivity index (χ0n) is 27.5. The first-order valence-electron chi connectivity index (χ1n) is 16.0. The van der Waals surface area contributed by atoms with Gasteiger partial charge in [0.2, 0.25) is 0 Å². The van der Waals surface area contributed by atoms with Crippen molar-refractivity contribution in [3.05, 3.63) is 29.8 Å². The molecule has 0 bridgehead atoms. The molecule has 0 amide bonds. The Morgan fingerprint density at radius 2 is 0.681 bits per heavy atom. The van der Waals surface area contributed by atoms with E-state index in [1.807, 2.05) is 0 Å². The minimum Gasteiger partial charge on any atom is -0.491 e. The lowest BCUT2D eigenvalue weighted by atomic mass is 10.2. The van der Waals surface area contributed by atoms with E-state index in [9.17, 15) is 9.59 Å². The molecule has 0 aliphatic carbocycles. The number of aldehydes is 1. The first kappa shape index (κ1) is 42.7. The summed E-state index contributed by atoms with van der Waals surface area (Å²) >= 11 is 0. The Kier molecular flexibility index (Phi) is 31.9. The molecule has 0 aromatic heterocycles. The molecule has 0 aliphatic heterocycles. The average molecular weight is 679 g/mol. The first-order chi connectivity index (χ1) is 23.2. The van der Waals surface area contributed by atoms with E-state index in [1.165, 1.54) is 0 Å². The molecule has 1 rings (SSSR count). The zero-order chi connectivity index (χ0) is 33.7. The highest BCUT2D eigenvalue weighted by atomic mass is 16.6. The topological polar surface area (TPSA) is 165 Å². The van der Waals surface area contributed by atoms with Crippen LogP contribution in [-0.4, -0.2) is 169 Å². The van der Waals surface area contributed by atoms with E-state index >= 15 is 0 Å². The van der Waals surface area contributed by atoms with Gasteiger partial charge in [-0.15, -0.1) is 0 Å². The summed E-state index contributed by atoms with van der Waals surface area (Å²) < 4.78 is 65.0. The van der Waals surface area contributed by atoms with Crippen molar-refractivity contribution < 1.29 is 71.5 Å². The van der Waals surface area contributed by atoms with Gasteiger partial charge in [0, 0.05) is 5.56 Å². The highest BCUT2D eigenvalue weighted by Gasteiger charge is 1.99. The van der Waals surface area contributed by atoms with Crippen molar-refractivity contribution in [2.45, 2.75) is 6.42 Å². The van der Waals surface area contributed by atoms with Crippen molar-refractivity contribution in [2.75, 3.05) is 152 Å². The van der Waals surface area contributed by atoms with Gasteiger partial charge >= 0.3 is 5.97 Å². The fourth-order valence-electron chi connectivity index (χ4n) is 3.32. The minimum absolute atomic E-state index is 0.00554. The van der Waals surface area contributed by atoms with Crippen molar-refractivity contribution in [3.63, 3.8) is 0 Å². The number of carboxylic acid groups (broad SMARTS) is 1. The quantitative estimate of drug-likeness (QED) is 0.0790. The summed E-state index contributed by atoms with van der Waals surface area (Å²) in [5.74, 6) is -0.179. The van der Waals surface area contributed by atoms with Gasteiger partial charge in [-0.2, -0.15) is 0 Å². The second-order valence-corrected chi connectivity index (χ2v) is 9.42. The molecule has 0 fully saturated rings. The van der Waals surface area contributed by atoms with Gasteiger partial charge in [0.05, 0.1) is 152 Å². The number of ether oxygens (including phenoxy) is 12. The molecule has 0 atom stereocenters. The van der Waals surface area contributed by atoms with E-state index in [2.05, 4.69) is 0 Å². The monoisotopic (exact) mass is 678 g/mol. The molecular weight excluding hydrogens is 624 g/mol. The average Bonchev–Trinajstić information content (AvgIpc) is 3.08. The number of hydrogen-bond donors (Lipinski definition) is 1. The number of benzene rings is 1. The molecule has 272 valence electrons. The van der Waals surface area contributed by atoms with E-state index < -0.39 is 5.97 Å². The van der Waals surface area contributed by atoms with Gasteiger partial charge in [-0.1, -0.05) is 0 Å². The van der Waals surface area contributed by atoms with Crippen LogP contribution in [0.5, 0.6) is 5.75 Å². The predicted molar refractivity (Wildman–Crippen MR) is 169 cm³/mol. The van der Waals surface area contributed by atoms with Gasteiger partial charge in [-0.05, 0) is 24.3 Å². The maximum absolute atomic E-state index is 10.6. The molecule has 0 radical (unpaired) electrons. The second-order valence-electron chi connectivity index (χ2n) is 9.42. The van der Waals surface area contributed by atoms with Crippen LogP contribution in [-0.2, 0) is 56.9 Å². The molecule has 0 heterocycles. The van der Waals surface area contributed by atoms with Crippen LogP contribution in [0.1, 0.15) is 16.8 Å². The van der Waals surface area contributed by atoms with E-state index in [0.29, 0.717) is 157 Å². The minimum atomic E-state index is -0.877. The highest BCUT2D eigenvalue weighted by Crippen LogP contribution is 2.10. The van der Waals surface area contributed by atoms with Gasteiger partial charge in [0.25, 0.3) is 0 Å². The smallest absolute Gasteiger partial charge is 0.305 e. The van der Waals surface area contributed by atoms with Gasteiger partial charge < -0.3 is 61.9 Å². The molecular formula is C32H54O15. The van der Waals surface area contributed by atoms with Crippen molar-refractivity contribution in [2.24, 2.45) is 0 Å². The summed E-state index contributed by atoms with van der Waals surface area (Å²) in [6.45, 7) is 10.4. The lowest BCUT2D eigenvalue weighted by molar-refractivity contribution is -0.138. The fraction of sp³-hybridized carbons (Fsp3) is 0.750. The van der Waals surface area contributed by atoms with Crippen LogP contribution in [0, 0.1) is 0 Å². The first-order valence-corrected chi connectivity index (χ1v) is 16.0. The summed E-state index contributed by atoms with van der Waals surface area (Å²) in [5, 5.41) is 8.49. The van der Waals surface area contributed by atoms with Gasteiger partial charge in [-0.3, -0.25) is 9.59 Å². The Hall–Kier alpha value is -2.28. The highest BCUT2D eigenvalue weighted by molar-refractivity contribution is 5.74. The third-order valence-corrected chi connectivity index (χ3v) is 5.69. The van der Waals surface area contributed by atoms with Crippen molar-refractivity contribution in [1.82, 2.24) is 0 Å². The molecule has 1 aromatic rings. The Morgan fingerprint density at radius 1 is 0.426 bits per heavy atom. The van der Waals surface area contributed by atoms with Gasteiger partial charge in [0.1, 0.15) is 18.6 Å². The molecule has 47 heavy (non-hydrogen) atoms. The fourth-order valence-corrected chi connectivity index (χ4v) is 3.32. The number of rotatable bonds is 38. The summed E-state index contributed by atoms with van der Waals surface area (Å²) in [7, 11) is 0. The summed E-state index contributed by atoms with van der Waals surface area (Å²) in [5.41, 5.74) is 0.613. The molecule has 15 heteroatoms. The number of hydrogen-bond acceptors (Lipinski definition) is 14. The van der Waals surface area contributed by atoms with Crippen LogP contribution in [0.15, 0.2) is 24.3 Å². The van der Waals surface area contributed by atoms with E-state index in [0.717, 1.165) is 6.29 Å². The molecule has 1 N–H and O–H groups in total. The van der Waals surface area contributed by atoms with Crippen molar-refractivity contribution in [3.8, 4) is 5.75 Å². The molecule has 0 spiro atoms. The molecule has 0 saturated carbocycles. The number of carbonyl (C=O) groups excluding carboxylic acids is 1. The van der Waals surface area contributed by atoms with Gasteiger partial charge in [-0.25, -0.2) is 0 Å². The van der Waals surface area contributed by atoms with E-state index in [4.69, 9.17) is 61.9 Å². The number of aliphatic carboxylic acids is 1. The summed E-state index contributed by atoms with van der Waals surface area (Å²) in [6, 6.07) is 6.91. The lowest BCUT2D eigenvalue weighted by Gasteiger charge is -2.09. The van der Waals surface area contributed by atoms with Crippen LogP contribution < -0.4 is 4.74 Å². The van der Waals surface area contributed by atoms with E-state index in [-0.39, 0.29) is 13.0 Å². The van der Waals surface area contributed by atoms with Crippen LogP contribution in [0.4, 0.5) is 0 Å². The lowest BCUT2D eigenvalue weighted by Crippen LogP contribution is -2.15. The zero-order valence-corrected chi connectivity index (χ0v) is 27.5. The third kappa shape index (κ3) is 32.1. The van der Waals surface area contributed by atoms with Gasteiger partial charge in [0.15, 0.2) is 0 Å². The number of carboxylic acids is 1.